The van der Waals surface area contributed by atoms with Gasteiger partial charge in [0.25, 0.3) is 5.91 Å². The second kappa shape index (κ2) is 10.1. The lowest BCUT2D eigenvalue weighted by atomic mass is 10.2. The lowest BCUT2D eigenvalue weighted by Crippen LogP contribution is -2.31. The molecule has 0 aliphatic carbocycles. The van der Waals surface area contributed by atoms with Crippen molar-refractivity contribution in [2.45, 2.75) is 38.1 Å². The maximum Gasteiger partial charge on any atom is 0.279 e. The Morgan fingerprint density at radius 2 is 1.91 bits per heavy atom. The fourth-order valence-electron chi connectivity index (χ4n) is 3.70. The third-order valence-electron chi connectivity index (χ3n) is 5.54. The molecule has 8 nitrogen and oxygen atoms in total. The van der Waals surface area contributed by atoms with E-state index >= 15 is 0 Å². The van der Waals surface area contributed by atoms with Crippen LogP contribution in [0.4, 0.5) is 0 Å². The quantitative estimate of drug-likeness (QED) is 0.411. The summed E-state index contributed by atoms with van der Waals surface area (Å²) in [7, 11) is -3.61. The number of carbonyl (C=O) groups is 1. The highest BCUT2D eigenvalue weighted by Gasteiger charge is 2.23. The zero-order chi connectivity index (χ0) is 24.3. The van der Waals surface area contributed by atoms with Gasteiger partial charge in [-0.3, -0.25) is 4.79 Å². The van der Waals surface area contributed by atoms with Gasteiger partial charge in [0.15, 0.2) is 16.3 Å². The van der Waals surface area contributed by atoms with Crippen LogP contribution in [0.5, 0.6) is 11.5 Å². The first-order valence-electron chi connectivity index (χ1n) is 11.1. The average Bonchev–Trinajstić information content (AvgIpc) is 3.42. The largest absolute Gasteiger partial charge is 0.454 e. The number of sulfonamides is 1. The summed E-state index contributed by atoms with van der Waals surface area (Å²) < 4.78 is 41.0. The number of allylic oxidation sites excluding steroid dienone is 1. The molecule has 4 rings (SSSR count). The lowest BCUT2D eigenvalue weighted by molar-refractivity contribution is 0.0997. The molecule has 10 heteroatoms. The first-order valence-corrected chi connectivity index (χ1v) is 13.4. The molecule has 0 unspecified atom stereocenters. The van der Waals surface area contributed by atoms with E-state index in [0.29, 0.717) is 41.5 Å². The Labute approximate surface area is 202 Å². The number of carbonyl (C=O) groups excluding carboxylic acids is 1. The van der Waals surface area contributed by atoms with Crippen molar-refractivity contribution in [3.8, 4) is 11.5 Å². The van der Waals surface area contributed by atoms with Crippen molar-refractivity contribution in [2.24, 2.45) is 4.99 Å². The number of rotatable bonds is 9. The van der Waals surface area contributed by atoms with E-state index in [0.717, 1.165) is 23.1 Å². The predicted octanol–water partition coefficient (Wildman–Crippen LogP) is 4.17. The van der Waals surface area contributed by atoms with Crippen molar-refractivity contribution in [3.63, 3.8) is 0 Å². The summed E-state index contributed by atoms with van der Waals surface area (Å²) in [5.41, 5.74) is 1.18. The van der Waals surface area contributed by atoms with Crippen LogP contribution in [-0.4, -0.2) is 43.1 Å². The van der Waals surface area contributed by atoms with E-state index in [-0.39, 0.29) is 11.7 Å². The van der Waals surface area contributed by atoms with Gasteiger partial charge in [-0.25, -0.2) is 8.42 Å². The summed E-state index contributed by atoms with van der Waals surface area (Å²) in [6.07, 6.45) is 3.44. The van der Waals surface area contributed by atoms with E-state index in [1.807, 2.05) is 30.5 Å². The summed E-state index contributed by atoms with van der Waals surface area (Å²) in [6, 6.07) is 9.70. The molecule has 0 saturated carbocycles. The molecular formula is C24H27N3O5S2. The van der Waals surface area contributed by atoms with Gasteiger partial charge in [0.2, 0.25) is 16.8 Å². The van der Waals surface area contributed by atoms with Crippen molar-refractivity contribution in [3.05, 3.63) is 59.4 Å². The van der Waals surface area contributed by atoms with Crippen molar-refractivity contribution in [1.29, 1.82) is 0 Å². The maximum atomic E-state index is 12.9. The molecule has 0 saturated heterocycles. The van der Waals surface area contributed by atoms with Gasteiger partial charge < -0.3 is 14.0 Å². The highest BCUT2D eigenvalue weighted by molar-refractivity contribution is 7.89. The smallest absolute Gasteiger partial charge is 0.279 e. The molecule has 0 fully saturated rings. The van der Waals surface area contributed by atoms with Crippen LogP contribution >= 0.6 is 11.3 Å². The zero-order valence-electron chi connectivity index (χ0n) is 19.2. The number of aromatic nitrogens is 1. The highest BCUT2D eigenvalue weighted by atomic mass is 32.2. The molecular weight excluding hydrogens is 474 g/mol. The second-order valence-corrected chi connectivity index (χ2v) is 10.7. The number of unbranched alkanes of at least 4 members (excludes halogenated alkanes) is 1. The third-order valence-corrected chi connectivity index (χ3v) is 8.57. The van der Waals surface area contributed by atoms with Crippen LogP contribution < -0.4 is 14.3 Å². The fourth-order valence-corrected chi connectivity index (χ4v) is 6.24. The normalized spacial score (nSPS) is 13.7. The topological polar surface area (TPSA) is 90.2 Å². The van der Waals surface area contributed by atoms with Crippen molar-refractivity contribution in [2.75, 3.05) is 19.9 Å². The molecule has 1 aromatic heterocycles. The van der Waals surface area contributed by atoms with E-state index in [1.54, 1.807) is 6.08 Å². The number of amides is 1. The van der Waals surface area contributed by atoms with Crippen LogP contribution in [0.1, 0.15) is 37.0 Å². The number of thiazole rings is 1. The molecule has 1 amide bonds. The van der Waals surface area contributed by atoms with Gasteiger partial charge >= 0.3 is 0 Å². The Balaban J connectivity index is 1.65. The minimum absolute atomic E-state index is 0.167. The molecule has 2 aromatic carbocycles. The summed E-state index contributed by atoms with van der Waals surface area (Å²) >= 11 is 1.36. The zero-order valence-corrected chi connectivity index (χ0v) is 20.8. The first kappa shape index (κ1) is 24.2. The third kappa shape index (κ3) is 4.66. The minimum atomic E-state index is -3.61. The van der Waals surface area contributed by atoms with Gasteiger partial charge in [0.1, 0.15) is 0 Å². The average molecular weight is 502 g/mol. The molecule has 0 atom stereocenters. The summed E-state index contributed by atoms with van der Waals surface area (Å²) in [6.45, 7) is 9.17. The van der Waals surface area contributed by atoms with E-state index in [9.17, 15) is 13.2 Å². The van der Waals surface area contributed by atoms with Crippen LogP contribution in [-0.2, 0) is 16.6 Å². The number of benzene rings is 2. The number of fused-ring (bicyclic) bond motifs is 2. The van der Waals surface area contributed by atoms with Crippen LogP contribution in [0, 0.1) is 0 Å². The van der Waals surface area contributed by atoms with Gasteiger partial charge in [-0.15, -0.1) is 6.58 Å². The number of hydrogen-bond acceptors (Lipinski definition) is 6. The number of hydrogen-bond donors (Lipinski definition) is 0. The van der Waals surface area contributed by atoms with E-state index < -0.39 is 15.9 Å². The Bertz CT molecular complexity index is 1390. The minimum Gasteiger partial charge on any atom is -0.454 e. The molecule has 3 aromatic rings. The number of nitrogens with zero attached hydrogens (tertiary/aromatic N) is 3. The second-order valence-electron chi connectivity index (χ2n) is 7.75. The first-order chi connectivity index (χ1) is 16.4. The van der Waals surface area contributed by atoms with Crippen molar-refractivity contribution >= 4 is 37.5 Å². The SMILES string of the molecule is C=CCn1c(=NC(=O)c2ccc(S(=O)(=O)N(CC)CCCC)cc2)sc2cc3c(cc21)OCO3. The fraction of sp³-hybridized carbons (Fsp3) is 0.333. The van der Waals surface area contributed by atoms with Crippen LogP contribution in [0.2, 0.25) is 0 Å². The molecule has 0 N–H and O–H groups in total. The van der Waals surface area contributed by atoms with E-state index in [1.165, 1.54) is 39.9 Å². The van der Waals surface area contributed by atoms with Gasteiger partial charge in [-0.05, 0) is 30.7 Å². The predicted molar refractivity (Wildman–Crippen MR) is 132 cm³/mol. The molecule has 1 aliphatic heterocycles. The lowest BCUT2D eigenvalue weighted by Gasteiger charge is -2.20. The van der Waals surface area contributed by atoms with Crippen LogP contribution in [0.3, 0.4) is 0 Å². The highest BCUT2D eigenvalue weighted by Crippen LogP contribution is 2.37. The molecule has 0 bridgehead atoms. The maximum absolute atomic E-state index is 12.9. The van der Waals surface area contributed by atoms with Gasteiger partial charge in [0.05, 0.1) is 15.1 Å². The summed E-state index contributed by atoms with van der Waals surface area (Å²) in [5, 5.41) is 0. The Morgan fingerprint density at radius 1 is 1.21 bits per heavy atom. The van der Waals surface area contributed by atoms with Gasteiger partial charge in [-0.1, -0.05) is 37.7 Å². The van der Waals surface area contributed by atoms with Gasteiger partial charge in [0, 0.05) is 37.3 Å². The van der Waals surface area contributed by atoms with Crippen molar-refractivity contribution < 1.29 is 22.7 Å². The molecule has 1 aliphatic rings. The molecule has 0 radical (unpaired) electrons. The van der Waals surface area contributed by atoms with Crippen LogP contribution in [0.15, 0.2) is 58.9 Å². The Kier molecular flexibility index (Phi) is 7.20. The monoisotopic (exact) mass is 501 g/mol. The molecule has 0 spiro atoms. The van der Waals surface area contributed by atoms with E-state index in [2.05, 4.69) is 11.6 Å². The standard InChI is InChI=1S/C24H27N3O5S2/c1-4-7-13-26(6-3)34(29,30)18-10-8-17(9-11-18)23(28)25-24-27(12-5-2)19-14-20-21(32-16-31-20)15-22(19)33-24/h5,8-11,14-15H,2,4,6-7,12-13,16H2,1,3H3. The van der Waals surface area contributed by atoms with Gasteiger partial charge in [-0.2, -0.15) is 9.30 Å². The Morgan fingerprint density at radius 3 is 2.56 bits per heavy atom. The molecule has 34 heavy (non-hydrogen) atoms. The molecule has 180 valence electrons. The Hall–Kier alpha value is -2.95. The van der Waals surface area contributed by atoms with E-state index in [4.69, 9.17) is 9.47 Å². The molecule has 2 heterocycles. The van der Waals surface area contributed by atoms with Crippen LogP contribution in [0.25, 0.3) is 10.2 Å². The number of ether oxygens (including phenoxy) is 2. The summed E-state index contributed by atoms with van der Waals surface area (Å²) in [5.74, 6) is 0.860. The van der Waals surface area contributed by atoms with Crippen molar-refractivity contribution in [1.82, 2.24) is 8.87 Å². The summed E-state index contributed by atoms with van der Waals surface area (Å²) in [4.78, 5) is 17.9.